The second-order valence-corrected chi connectivity index (χ2v) is 17.9. The molecule has 0 fully saturated rings. The molecule has 0 amide bonds. The van der Waals surface area contributed by atoms with E-state index in [1.54, 1.807) is 0 Å². The number of fused-ring (bicyclic) bond motifs is 14. The van der Waals surface area contributed by atoms with Gasteiger partial charge in [0, 0.05) is 43.4 Å². The van der Waals surface area contributed by atoms with Gasteiger partial charge in [-0.25, -0.2) is 15.0 Å². The fraction of sp³-hybridized carbons (Fsp3) is 0. The summed E-state index contributed by atoms with van der Waals surface area (Å²) in [6, 6.07) is 72.7. The number of imidazole rings is 1. The molecule has 0 atom stereocenters. The van der Waals surface area contributed by atoms with Crippen LogP contribution in [0, 0.1) is 0 Å². The largest absolute Gasteiger partial charge is 0.293 e. The standard InChI is InChI=1S/C61H33N5/c1-3-19-49-43(13-1)51-33-48-42-15-5-9-36-25-27-38-11-7-17-46(54(38)52(36)42)57(48)65(51)59(62-49)40-29-21-34(22-30-40)35-23-31-41(32-24-35)60-63-50-20-4-2-14-44(50)61-64-56-45-16-6-10-37-26-28-39-12-8-18-47(55(39)53(37)45)58(56)66(60)61/h1-33H. The first-order chi connectivity index (χ1) is 32.7. The number of nitrogens with zero attached hydrogens (tertiary/aromatic N) is 5. The molecule has 0 radical (unpaired) electrons. The summed E-state index contributed by atoms with van der Waals surface area (Å²) in [6.07, 6.45) is 0. The fourth-order valence-electron chi connectivity index (χ4n) is 11.7. The summed E-state index contributed by atoms with van der Waals surface area (Å²) < 4.78 is 4.72. The lowest BCUT2D eigenvalue weighted by atomic mass is 9.92. The van der Waals surface area contributed by atoms with Crippen molar-refractivity contribution in [2.45, 2.75) is 0 Å². The van der Waals surface area contributed by atoms with Crippen LogP contribution in [0.25, 0.3) is 153 Å². The maximum atomic E-state index is 5.48. The first-order valence-electron chi connectivity index (χ1n) is 22.6. The van der Waals surface area contributed by atoms with Gasteiger partial charge in [0.1, 0.15) is 17.3 Å². The van der Waals surface area contributed by atoms with Crippen molar-refractivity contribution in [2.75, 3.05) is 0 Å². The maximum Gasteiger partial charge on any atom is 0.149 e. The summed E-state index contributed by atoms with van der Waals surface area (Å²) in [4.78, 5) is 16.3. The molecule has 0 bridgehead atoms. The zero-order valence-electron chi connectivity index (χ0n) is 35.3. The van der Waals surface area contributed by atoms with Gasteiger partial charge in [0.05, 0.1) is 33.1 Å². The molecule has 302 valence electrons. The Morgan fingerprint density at radius 1 is 0.288 bits per heavy atom. The predicted molar refractivity (Wildman–Crippen MR) is 275 cm³/mol. The summed E-state index contributed by atoms with van der Waals surface area (Å²) in [7, 11) is 0. The molecular weight excluding hydrogens is 803 g/mol. The van der Waals surface area contributed by atoms with E-state index in [0.29, 0.717) is 0 Å². The first-order valence-corrected chi connectivity index (χ1v) is 22.6. The van der Waals surface area contributed by atoms with Crippen LogP contribution < -0.4 is 0 Å². The molecule has 5 nitrogen and oxygen atoms in total. The van der Waals surface area contributed by atoms with Crippen LogP contribution in [-0.4, -0.2) is 23.8 Å². The highest BCUT2D eigenvalue weighted by atomic mass is 15.1. The van der Waals surface area contributed by atoms with Crippen LogP contribution in [0.3, 0.4) is 0 Å². The number of rotatable bonds is 3. The van der Waals surface area contributed by atoms with Crippen molar-refractivity contribution >= 4 is 120 Å². The Morgan fingerprint density at radius 3 is 1.33 bits per heavy atom. The minimum Gasteiger partial charge on any atom is -0.293 e. The Balaban J connectivity index is 0.872. The molecule has 0 aliphatic carbocycles. The van der Waals surface area contributed by atoms with E-state index in [1.807, 2.05) is 0 Å². The second-order valence-electron chi connectivity index (χ2n) is 17.9. The Bertz CT molecular complexity index is 4430. The fourth-order valence-corrected chi connectivity index (χ4v) is 11.7. The van der Waals surface area contributed by atoms with Crippen LogP contribution in [0.15, 0.2) is 200 Å². The molecule has 16 rings (SSSR count). The normalized spacial score (nSPS) is 12.5. The van der Waals surface area contributed by atoms with E-state index in [-0.39, 0.29) is 0 Å². The predicted octanol–water partition coefficient (Wildman–Crippen LogP) is 15.8. The second kappa shape index (κ2) is 12.4. The van der Waals surface area contributed by atoms with Crippen LogP contribution in [0.1, 0.15) is 0 Å². The topological polar surface area (TPSA) is 47.5 Å². The quantitative estimate of drug-likeness (QED) is 0.167. The Labute approximate surface area is 375 Å². The van der Waals surface area contributed by atoms with E-state index >= 15 is 0 Å². The molecule has 0 saturated heterocycles. The molecule has 0 saturated carbocycles. The number of para-hydroxylation sites is 2. The van der Waals surface area contributed by atoms with Crippen molar-refractivity contribution in [2.24, 2.45) is 0 Å². The minimum absolute atomic E-state index is 0.874. The third-order valence-corrected chi connectivity index (χ3v) is 14.5. The van der Waals surface area contributed by atoms with Gasteiger partial charge in [-0.3, -0.25) is 8.80 Å². The van der Waals surface area contributed by atoms with Gasteiger partial charge in [0.15, 0.2) is 0 Å². The number of hydrogen-bond acceptors (Lipinski definition) is 3. The number of benzene rings is 12. The van der Waals surface area contributed by atoms with Crippen molar-refractivity contribution < 1.29 is 0 Å². The Kier molecular flexibility index (Phi) is 6.49. The minimum atomic E-state index is 0.874. The van der Waals surface area contributed by atoms with Crippen molar-refractivity contribution in [3.8, 4) is 33.9 Å². The van der Waals surface area contributed by atoms with Gasteiger partial charge in [-0.05, 0) is 83.9 Å². The third-order valence-electron chi connectivity index (χ3n) is 14.5. The molecule has 0 spiro atoms. The lowest BCUT2D eigenvalue weighted by molar-refractivity contribution is 1.16. The van der Waals surface area contributed by atoms with E-state index in [0.717, 1.165) is 77.9 Å². The Morgan fingerprint density at radius 2 is 0.727 bits per heavy atom. The van der Waals surface area contributed by atoms with E-state index in [9.17, 15) is 0 Å². The molecule has 4 aromatic heterocycles. The smallest absolute Gasteiger partial charge is 0.149 e. The molecule has 0 aliphatic heterocycles. The highest BCUT2D eigenvalue weighted by Gasteiger charge is 2.23. The average Bonchev–Trinajstić information content (AvgIpc) is 4.00. The molecular formula is C61H33N5. The maximum absolute atomic E-state index is 5.48. The SMILES string of the molecule is c1ccc2c(c1)nc(-c1ccc(-c3ccc(-c4nc5ccccc5c5nc6c7cccc8ccc9cccc(c9c87)c6n45)cc3)cc1)n1c2cc2c3cccc4ccc5cccc(c5c43)c21. The molecule has 0 unspecified atom stereocenters. The molecule has 12 aromatic carbocycles. The van der Waals surface area contributed by atoms with Crippen LogP contribution in [0.2, 0.25) is 0 Å². The van der Waals surface area contributed by atoms with Gasteiger partial charge in [-0.15, -0.1) is 0 Å². The number of aromatic nitrogens is 5. The zero-order valence-corrected chi connectivity index (χ0v) is 35.3. The van der Waals surface area contributed by atoms with Crippen molar-refractivity contribution in [3.05, 3.63) is 200 Å². The van der Waals surface area contributed by atoms with Gasteiger partial charge in [-0.1, -0.05) is 176 Å². The summed E-state index contributed by atoms with van der Waals surface area (Å²) >= 11 is 0. The van der Waals surface area contributed by atoms with Gasteiger partial charge >= 0.3 is 0 Å². The Hall–Kier alpha value is -8.93. The molecule has 0 aliphatic rings. The summed E-state index contributed by atoms with van der Waals surface area (Å²) in [5.74, 6) is 1.80. The van der Waals surface area contributed by atoms with Crippen molar-refractivity contribution in [1.82, 2.24) is 23.8 Å². The highest BCUT2D eigenvalue weighted by molar-refractivity contribution is 6.35. The molecule has 5 heteroatoms. The van der Waals surface area contributed by atoms with E-state index < -0.39 is 0 Å². The van der Waals surface area contributed by atoms with Crippen molar-refractivity contribution in [1.29, 1.82) is 0 Å². The average molecular weight is 836 g/mol. The van der Waals surface area contributed by atoms with E-state index in [4.69, 9.17) is 15.0 Å². The summed E-state index contributed by atoms with van der Waals surface area (Å²) in [5, 5.41) is 18.5. The van der Waals surface area contributed by atoms with Gasteiger partial charge < -0.3 is 0 Å². The highest BCUT2D eigenvalue weighted by Crippen LogP contribution is 2.45. The van der Waals surface area contributed by atoms with Gasteiger partial charge in [-0.2, -0.15) is 0 Å². The van der Waals surface area contributed by atoms with E-state index in [1.165, 1.54) is 75.5 Å². The first kappa shape index (κ1) is 34.5. The lowest BCUT2D eigenvalue weighted by Crippen LogP contribution is -1.99. The molecule has 4 heterocycles. The van der Waals surface area contributed by atoms with Crippen LogP contribution in [0.4, 0.5) is 0 Å². The van der Waals surface area contributed by atoms with Crippen LogP contribution in [-0.2, 0) is 0 Å². The monoisotopic (exact) mass is 835 g/mol. The molecule has 66 heavy (non-hydrogen) atoms. The number of hydrogen-bond donors (Lipinski definition) is 0. The van der Waals surface area contributed by atoms with Gasteiger partial charge in [0.25, 0.3) is 0 Å². The van der Waals surface area contributed by atoms with Crippen molar-refractivity contribution in [3.63, 3.8) is 0 Å². The summed E-state index contributed by atoms with van der Waals surface area (Å²) in [5.41, 5.74) is 11.6. The zero-order chi connectivity index (χ0) is 42.8. The summed E-state index contributed by atoms with van der Waals surface area (Å²) in [6.45, 7) is 0. The van der Waals surface area contributed by atoms with E-state index in [2.05, 4.69) is 209 Å². The lowest BCUT2D eigenvalue weighted by Gasteiger charge is -2.15. The van der Waals surface area contributed by atoms with Gasteiger partial charge in [0.2, 0.25) is 0 Å². The third kappa shape index (κ3) is 4.41. The van der Waals surface area contributed by atoms with Crippen LogP contribution in [0.5, 0.6) is 0 Å². The molecule has 0 N–H and O–H groups in total. The van der Waals surface area contributed by atoms with Crippen LogP contribution >= 0.6 is 0 Å². The molecule has 16 aromatic rings.